The zero-order valence-corrected chi connectivity index (χ0v) is 15.8. The Bertz CT molecular complexity index is 890. The van der Waals surface area contributed by atoms with Crippen LogP contribution in [0.1, 0.15) is 5.56 Å². The Morgan fingerprint density at radius 1 is 1.00 bits per heavy atom. The first-order valence-corrected chi connectivity index (χ1v) is 10.0. The molecule has 1 fully saturated rings. The van der Waals surface area contributed by atoms with E-state index in [-0.39, 0.29) is 30.3 Å². The molecule has 0 N–H and O–H groups in total. The lowest BCUT2D eigenvalue weighted by Crippen LogP contribution is -2.50. The van der Waals surface area contributed by atoms with Gasteiger partial charge in [0.2, 0.25) is 15.9 Å². The summed E-state index contributed by atoms with van der Waals surface area (Å²) in [6, 6.07) is 12.0. The highest BCUT2D eigenvalue weighted by molar-refractivity contribution is 7.89. The third kappa shape index (κ3) is 4.45. The highest BCUT2D eigenvalue weighted by Crippen LogP contribution is 2.19. The molecule has 1 aliphatic heterocycles. The van der Waals surface area contributed by atoms with Crippen LogP contribution >= 0.6 is 0 Å². The van der Waals surface area contributed by atoms with Crippen molar-refractivity contribution in [2.24, 2.45) is 0 Å². The van der Waals surface area contributed by atoms with Crippen LogP contribution in [0.15, 0.2) is 53.4 Å². The van der Waals surface area contributed by atoms with Crippen LogP contribution in [0.2, 0.25) is 0 Å². The van der Waals surface area contributed by atoms with Crippen molar-refractivity contribution in [3.05, 3.63) is 59.9 Å². The Labute approximate surface area is 158 Å². The number of halogens is 1. The zero-order chi connectivity index (χ0) is 19.4. The Morgan fingerprint density at radius 3 is 2.15 bits per heavy atom. The van der Waals surface area contributed by atoms with Crippen molar-refractivity contribution >= 4 is 15.9 Å². The number of carbonyl (C=O) groups is 1. The third-order valence-electron chi connectivity index (χ3n) is 4.56. The fourth-order valence-corrected chi connectivity index (χ4v) is 4.39. The van der Waals surface area contributed by atoms with E-state index in [4.69, 9.17) is 4.74 Å². The first-order chi connectivity index (χ1) is 12.9. The van der Waals surface area contributed by atoms with Gasteiger partial charge in [0.25, 0.3) is 0 Å². The van der Waals surface area contributed by atoms with E-state index < -0.39 is 15.8 Å². The summed E-state index contributed by atoms with van der Waals surface area (Å²) in [5, 5.41) is 0. The molecule has 0 unspecified atom stereocenters. The van der Waals surface area contributed by atoms with Crippen molar-refractivity contribution in [3.8, 4) is 5.75 Å². The second-order valence-corrected chi connectivity index (χ2v) is 8.20. The van der Waals surface area contributed by atoms with Gasteiger partial charge in [0.15, 0.2) is 0 Å². The summed E-state index contributed by atoms with van der Waals surface area (Å²) < 4.78 is 44.7. The molecule has 0 saturated carbocycles. The van der Waals surface area contributed by atoms with Crippen LogP contribution in [0, 0.1) is 5.82 Å². The molecular formula is C19H21FN2O4S. The molecule has 6 nitrogen and oxygen atoms in total. The van der Waals surface area contributed by atoms with Crippen molar-refractivity contribution in [3.63, 3.8) is 0 Å². The van der Waals surface area contributed by atoms with Crippen LogP contribution < -0.4 is 4.74 Å². The smallest absolute Gasteiger partial charge is 0.243 e. The van der Waals surface area contributed by atoms with Gasteiger partial charge in [0.05, 0.1) is 18.4 Å². The zero-order valence-electron chi connectivity index (χ0n) is 15.0. The minimum Gasteiger partial charge on any atom is -0.497 e. The third-order valence-corrected chi connectivity index (χ3v) is 6.47. The number of piperazine rings is 1. The van der Waals surface area contributed by atoms with E-state index in [1.54, 1.807) is 24.1 Å². The number of rotatable bonds is 5. The molecule has 0 radical (unpaired) electrons. The minimum atomic E-state index is -3.68. The van der Waals surface area contributed by atoms with Crippen LogP contribution in [0.3, 0.4) is 0 Å². The van der Waals surface area contributed by atoms with Crippen LogP contribution in [0.25, 0.3) is 0 Å². The molecule has 2 aromatic rings. The van der Waals surface area contributed by atoms with Gasteiger partial charge in [0.1, 0.15) is 11.6 Å². The van der Waals surface area contributed by atoms with Crippen molar-refractivity contribution in [2.75, 3.05) is 33.3 Å². The summed E-state index contributed by atoms with van der Waals surface area (Å²) in [5.41, 5.74) is 0.877. The summed E-state index contributed by atoms with van der Waals surface area (Å²) in [7, 11) is -2.10. The molecule has 0 aliphatic carbocycles. The number of carbonyl (C=O) groups excluding carboxylic acids is 1. The predicted octanol–water partition coefficient (Wildman–Crippen LogP) is 1.91. The van der Waals surface area contributed by atoms with E-state index in [9.17, 15) is 17.6 Å². The molecule has 8 heteroatoms. The summed E-state index contributed by atoms with van der Waals surface area (Å²) >= 11 is 0. The van der Waals surface area contributed by atoms with Gasteiger partial charge in [-0.1, -0.05) is 12.1 Å². The maximum absolute atomic E-state index is 13.0. The number of sulfonamides is 1. The lowest BCUT2D eigenvalue weighted by Gasteiger charge is -2.34. The number of hydrogen-bond acceptors (Lipinski definition) is 4. The quantitative estimate of drug-likeness (QED) is 0.780. The van der Waals surface area contributed by atoms with Crippen molar-refractivity contribution in [2.45, 2.75) is 11.3 Å². The van der Waals surface area contributed by atoms with Gasteiger partial charge in [-0.15, -0.1) is 0 Å². The van der Waals surface area contributed by atoms with E-state index in [0.717, 1.165) is 23.4 Å². The fraction of sp³-hybridized carbons (Fsp3) is 0.316. The number of nitrogens with zero attached hydrogens (tertiary/aromatic N) is 2. The number of ether oxygens (including phenoxy) is 1. The number of methoxy groups -OCH3 is 1. The van der Waals surface area contributed by atoms with Gasteiger partial charge in [-0.25, -0.2) is 12.8 Å². The normalized spacial score (nSPS) is 15.6. The lowest BCUT2D eigenvalue weighted by atomic mass is 10.1. The first-order valence-electron chi connectivity index (χ1n) is 8.56. The molecule has 1 aliphatic rings. The monoisotopic (exact) mass is 392 g/mol. The largest absolute Gasteiger partial charge is 0.497 e. The average Bonchev–Trinajstić information content (AvgIpc) is 2.69. The summed E-state index contributed by atoms with van der Waals surface area (Å²) in [4.78, 5) is 14.2. The maximum atomic E-state index is 13.0. The van der Waals surface area contributed by atoms with Crippen LogP contribution in [-0.2, 0) is 21.2 Å². The highest BCUT2D eigenvalue weighted by atomic mass is 32.2. The van der Waals surface area contributed by atoms with E-state index >= 15 is 0 Å². The molecule has 1 heterocycles. The molecule has 0 aromatic heterocycles. The summed E-state index contributed by atoms with van der Waals surface area (Å²) in [6.07, 6.45) is 0.259. The second-order valence-electron chi connectivity index (χ2n) is 6.26. The van der Waals surface area contributed by atoms with Gasteiger partial charge >= 0.3 is 0 Å². The molecule has 3 rings (SSSR count). The molecule has 1 amide bonds. The lowest BCUT2D eigenvalue weighted by molar-refractivity contribution is -0.131. The Kier molecular flexibility index (Phi) is 5.76. The van der Waals surface area contributed by atoms with Crippen LogP contribution in [0.4, 0.5) is 4.39 Å². The molecule has 0 atom stereocenters. The Hall–Kier alpha value is -2.45. The van der Waals surface area contributed by atoms with E-state index in [0.29, 0.717) is 13.1 Å². The summed E-state index contributed by atoms with van der Waals surface area (Å²) in [5.74, 6) is 0.202. The first kappa shape index (κ1) is 19.3. The molecule has 2 aromatic carbocycles. The van der Waals surface area contributed by atoms with Gasteiger partial charge in [0, 0.05) is 26.2 Å². The van der Waals surface area contributed by atoms with Gasteiger partial charge in [-0.3, -0.25) is 4.79 Å². The fourth-order valence-electron chi connectivity index (χ4n) is 2.96. The van der Waals surface area contributed by atoms with Crippen molar-refractivity contribution < 1.29 is 22.3 Å². The van der Waals surface area contributed by atoms with Crippen molar-refractivity contribution in [1.82, 2.24) is 9.21 Å². The van der Waals surface area contributed by atoms with Gasteiger partial charge in [-0.2, -0.15) is 4.31 Å². The number of hydrogen-bond donors (Lipinski definition) is 0. The van der Waals surface area contributed by atoms with E-state index in [1.165, 1.54) is 16.4 Å². The Balaban J connectivity index is 1.59. The molecule has 0 spiro atoms. The Morgan fingerprint density at radius 2 is 1.59 bits per heavy atom. The SMILES string of the molecule is COc1ccc(CC(=O)N2CCN(S(=O)(=O)c3ccc(F)cc3)CC2)cc1. The second kappa shape index (κ2) is 8.06. The van der Waals surface area contributed by atoms with Crippen LogP contribution in [0.5, 0.6) is 5.75 Å². The highest BCUT2D eigenvalue weighted by Gasteiger charge is 2.30. The van der Waals surface area contributed by atoms with Crippen LogP contribution in [-0.4, -0.2) is 56.8 Å². The van der Waals surface area contributed by atoms with Crippen molar-refractivity contribution in [1.29, 1.82) is 0 Å². The molecule has 0 bridgehead atoms. The standard InChI is InChI=1S/C19H21FN2O4S/c1-26-17-6-2-15(3-7-17)14-19(23)21-10-12-22(13-11-21)27(24,25)18-8-4-16(20)5-9-18/h2-9H,10-14H2,1H3. The molecular weight excluding hydrogens is 371 g/mol. The van der Waals surface area contributed by atoms with E-state index in [1.807, 2.05) is 12.1 Å². The predicted molar refractivity (Wildman–Crippen MR) is 98.4 cm³/mol. The number of benzene rings is 2. The summed E-state index contributed by atoms with van der Waals surface area (Å²) in [6.45, 7) is 1.09. The number of amides is 1. The van der Waals surface area contributed by atoms with Gasteiger partial charge < -0.3 is 9.64 Å². The molecule has 1 saturated heterocycles. The topological polar surface area (TPSA) is 66.9 Å². The maximum Gasteiger partial charge on any atom is 0.243 e. The van der Waals surface area contributed by atoms with E-state index in [2.05, 4.69) is 0 Å². The average molecular weight is 392 g/mol. The minimum absolute atomic E-state index is 0.0426. The molecule has 27 heavy (non-hydrogen) atoms. The van der Waals surface area contributed by atoms with Gasteiger partial charge in [-0.05, 0) is 42.0 Å². The molecule has 144 valence electrons.